The number of benzene rings is 1. The van der Waals surface area contributed by atoms with Gasteiger partial charge in [0.25, 0.3) is 11.8 Å². The number of anilines is 1. The highest BCUT2D eigenvalue weighted by Crippen LogP contribution is 2.28. The van der Waals surface area contributed by atoms with Crippen LogP contribution in [-0.4, -0.2) is 33.4 Å². The molecule has 0 spiro atoms. The van der Waals surface area contributed by atoms with Gasteiger partial charge in [0.15, 0.2) is 12.3 Å². The van der Waals surface area contributed by atoms with Crippen molar-refractivity contribution in [3.63, 3.8) is 0 Å². The highest BCUT2D eigenvalue weighted by molar-refractivity contribution is 6.02. The molecule has 2 aromatic heterocycles. The summed E-state index contributed by atoms with van der Waals surface area (Å²) in [4.78, 5) is 34.8. The number of hydrogen-bond acceptors (Lipinski definition) is 5. The Labute approximate surface area is 136 Å². The fourth-order valence-electron chi connectivity index (χ4n) is 2.55. The fourth-order valence-corrected chi connectivity index (χ4v) is 2.55. The molecule has 0 fully saturated rings. The number of ether oxygens (including phenoxy) is 1. The van der Waals surface area contributed by atoms with E-state index in [4.69, 9.17) is 4.74 Å². The van der Waals surface area contributed by atoms with Gasteiger partial charge in [-0.15, -0.1) is 0 Å². The highest BCUT2D eigenvalue weighted by atomic mass is 16.5. The van der Waals surface area contributed by atoms with Crippen LogP contribution in [0.1, 0.15) is 16.1 Å². The summed E-state index contributed by atoms with van der Waals surface area (Å²) in [6.45, 7) is 0.317. The van der Waals surface area contributed by atoms with Crippen LogP contribution in [0.25, 0.3) is 11.0 Å². The number of carbonyl (C=O) groups is 2. The number of rotatable bonds is 3. The van der Waals surface area contributed by atoms with Crippen LogP contribution in [0.3, 0.4) is 0 Å². The van der Waals surface area contributed by atoms with Crippen molar-refractivity contribution < 1.29 is 14.3 Å². The van der Waals surface area contributed by atoms with Gasteiger partial charge < -0.3 is 20.4 Å². The lowest BCUT2D eigenvalue weighted by Crippen LogP contribution is -2.26. The minimum Gasteiger partial charge on any atom is -0.482 e. The third-order valence-corrected chi connectivity index (χ3v) is 3.69. The number of fused-ring (bicyclic) bond motifs is 2. The molecular weight excluding hydrogens is 310 g/mol. The molecule has 1 aliphatic rings. The number of hydrogen-bond donors (Lipinski definition) is 3. The second kappa shape index (κ2) is 5.65. The second-order valence-electron chi connectivity index (χ2n) is 5.31. The molecule has 0 bridgehead atoms. The molecule has 3 N–H and O–H groups in total. The first-order valence-electron chi connectivity index (χ1n) is 7.32. The lowest BCUT2D eigenvalue weighted by molar-refractivity contribution is -0.118. The summed E-state index contributed by atoms with van der Waals surface area (Å²) in [6.07, 6.45) is 3.07. The van der Waals surface area contributed by atoms with Crippen LogP contribution >= 0.6 is 0 Å². The number of aromatic amines is 1. The molecule has 1 aromatic carbocycles. The average molecular weight is 323 g/mol. The minimum absolute atomic E-state index is 0.0168. The summed E-state index contributed by atoms with van der Waals surface area (Å²) in [5, 5.41) is 5.55. The lowest BCUT2D eigenvalue weighted by atomic mass is 10.1. The second-order valence-corrected chi connectivity index (χ2v) is 5.31. The molecule has 0 saturated heterocycles. The molecular formula is C16H13N5O3. The van der Waals surface area contributed by atoms with E-state index >= 15 is 0 Å². The van der Waals surface area contributed by atoms with Gasteiger partial charge in [-0.25, -0.2) is 9.97 Å². The van der Waals surface area contributed by atoms with E-state index < -0.39 is 0 Å². The zero-order chi connectivity index (χ0) is 16.5. The molecule has 2 amide bonds. The first-order chi connectivity index (χ1) is 11.7. The number of aromatic nitrogens is 3. The van der Waals surface area contributed by atoms with Crippen LogP contribution in [0, 0.1) is 0 Å². The van der Waals surface area contributed by atoms with Crippen molar-refractivity contribution in [2.75, 3.05) is 11.9 Å². The molecule has 1 aliphatic heterocycles. The topological polar surface area (TPSA) is 109 Å². The summed E-state index contributed by atoms with van der Waals surface area (Å²) < 4.78 is 5.30. The number of nitrogens with one attached hydrogen (secondary N) is 3. The van der Waals surface area contributed by atoms with Gasteiger partial charge in [0.1, 0.15) is 12.1 Å². The lowest BCUT2D eigenvalue weighted by Gasteiger charge is -2.18. The molecule has 120 valence electrons. The average Bonchev–Trinajstić information content (AvgIpc) is 3.08. The van der Waals surface area contributed by atoms with Crippen molar-refractivity contribution in [3.8, 4) is 5.75 Å². The number of carbonyl (C=O) groups excluding carboxylic acids is 2. The number of H-pyrrole nitrogens is 1. The van der Waals surface area contributed by atoms with Crippen LogP contribution in [0.15, 0.2) is 36.8 Å². The van der Waals surface area contributed by atoms with Crippen molar-refractivity contribution in [1.82, 2.24) is 20.3 Å². The molecule has 8 heteroatoms. The van der Waals surface area contributed by atoms with Gasteiger partial charge in [0, 0.05) is 12.7 Å². The van der Waals surface area contributed by atoms with E-state index in [0.717, 1.165) is 5.56 Å². The Balaban J connectivity index is 1.51. The van der Waals surface area contributed by atoms with Gasteiger partial charge >= 0.3 is 0 Å². The van der Waals surface area contributed by atoms with E-state index in [9.17, 15) is 9.59 Å². The molecule has 0 unspecified atom stereocenters. The van der Waals surface area contributed by atoms with E-state index in [1.807, 2.05) is 6.07 Å². The maximum Gasteiger partial charge on any atom is 0.272 e. The first kappa shape index (κ1) is 14.2. The van der Waals surface area contributed by atoms with Crippen LogP contribution in [0.4, 0.5) is 5.69 Å². The van der Waals surface area contributed by atoms with Gasteiger partial charge in [0.2, 0.25) is 0 Å². The Morgan fingerprint density at radius 1 is 1.29 bits per heavy atom. The molecule has 8 nitrogen and oxygen atoms in total. The zero-order valence-corrected chi connectivity index (χ0v) is 12.5. The van der Waals surface area contributed by atoms with Gasteiger partial charge in [-0.3, -0.25) is 9.59 Å². The van der Waals surface area contributed by atoms with E-state index in [-0.39, 0.29) is 18.4 Å². The Bertz CT molecular complexity index is 950. The minimum atomic E-state index is -0.303. The van der Waals surface area contributed by atoms with Crippen molar-refractivity contribution >= 4 is 28.5 Å². The molecule has 0 saturated carbocycles. The highest BCUT2D eigenvalue weighted by Gasteiger charge is 2.17. The van der Waals surface area contributed by atoms with Gasteiger partial charge in [-0.2, -0.15) is 0 Å². The van der Waals surface area contributed by atoms with Crippen LogP contribution in [-0.2, 0) is 11.3 Å². The SMILES string of the molecule is O=C1COc2ccc(CNC(=O)c3ncnc4cc[nH]c34)cc2N1. The largest absolute Gasteiger partial charge is 0.482 e. The zero-order valence-electron chi connectivity index (χ0n) is 12.5. The van der Waals surface area contributed by atoms with E-state index in [0.29, 0.717) is 34.7 Å². The van der Waals surface area contributed by atoms with Crippen molar-refractivity contribution in [3.05, 3.63) is 48.0 Å². The van der Waals surface area contributed by atoms with Crippen LogP contribution in [0.2, 0.25) is 0 Å². The van der Waals surface area contributed by atoms with E-state index in [1.54, 1.807) is 24.4 Å². The first-order valence-corrected chi connectivity index (χ1v) is 7.32. The predicted molar refractivity (Wildman–Crippen MR) is 85.6 cm³/mol. The maximum atomic E-state index is 12.4. The quantitative estimate of drug-likeness (QED) is 0.671. The Morgan fingerprint density at radius 2 is 2.21 bits per heavy atom. The third-order valence-electron chi connectivity index (χ3n) is 3.69. The van der Waals surface area contributed by atoms with Crippen molar-refractivity contribution in [2.24, 2.45) is 0 Å². The predicted octanol–water partition coefficient (Wildman–Crippen LogP) is 1.22. The van der Waals surface area contributed by atoms with Gasteiger partial charge in [-0.05, 0) is 23.8 Å². The van der Waals surface area contributed by atoms with Gasteiger partial charge in [-0.1, -0.05) is 6.07 Å². The fraction of sp³-hybridized carbons (Fsp3) is 0.125. The molecule has 0 atom stereocenters. The Kier molecular flexibility index (Phi) is 3.34. The summed E-state index contributed by atoms with van der Waals surface area (Å²) in [6, 6.07) is 7.15. The molecule has 3 aromatic rings. The molecule has 3 heterocycles. The summed E-state index contributed by atoms with van der Waals surface area (Å²) in [5.74, 6) is 0.121. The third kappa shape index (κ3) is 2.54. The van der Waals surface area contributed by atoms with Crippen molar-refractivity contribution in [2.45, 2.75) is 6.54 Å². The van der Waals surface area contributed by atoms with Crippen LogP contribution < -0.4 is 15.4 Å². The maximum absolute atomic E-state index is 12.4. The summed E-state index contributed by atoms with van der Waals surface area (Å²) in [7, 11) is 0. The Hall–Kier alpha value is -3.42. The number of nitrogens with zero attached hydrogens (tertiary/aromatic N) is 2. The molecule has 0 aliphatic carbocycles. The summed E-state index contributed by atoms with van der Waals surface area (Å²) >= 11 is 0. The normalized spacial score (nSPS) is 13.1. The van der Waals surface area contributed by atoms with Gasteiger partial charge in [0.05, 0.1) is 16.7 Å². The molecule has 4 rings (SSSR count). The van der Waals surface area contributed by atoms with E-state index in [2.05, 4.69) is 25.6 Å². The Morgan fingerprint density at radius 3 is 3.12 bits per heavy atom. The standard InChI is InChI=1S/C16H13N5O3/c22-13-7-24-12-2-1-9(5-11(12)21-13)6-18-16(23)15-14-10(3-4-17-14)19-8-20-15/h1-5,8,17H,6-7H2,(H,18,23)(H,21,22). The van der Waals surface area contributed by atoms with E-state index in [1.165, 1.54) is 6.33 Å². The van der Waals surface area contributed by atoms with Crippen LogP contribution in [0.5, 0.6) is 5.75 Å². The monoisotopic (exact) mass is 323 g/mol. The summed E-state index contributed by atoms with van der Waals surface area (Å²) in [5.41, 5.74) is 3.01. The molecule has 24 heavy (non-hydrogen) atoms. The molecule has 0 radical (unpaired) electrons. The smallest absolute Gasteiger partial charge is 0.272 e. The number of amides is 2. The van der Waals surface area contributed by atoms with Crippen molar-refractivity contribution in [1.29, 1.82) is 0 Å².